The lowest BCUT2D eigenvalue weighted by atomic mass is 10.1. The first-order valence-corrected chi connectivity index (χ1v) is 12.5. The molecule has 1 saturated heterocycles. The molecule has 0 bridgehead atoms. The molecule has 1 aromatic heterocycles. The quantitative estimate of drug-likeness (QED) is 0.404. The van der Waals surface area contributed by atoms with Crippen LogP contribution in [-0.4, -0.2) is 60.3 Å². The van der Waals surface area contributed by atoms with Crippen molar-refractivity contribution in [2.24, 2.45) is 0 Å². The Morgan fingerprint density at radius 2 is 1.85 bits per heavy atom. The summed E-state index contributed by atoms with van der Waals surface area (Å²) < 4.78 is 6.52. The van der Waals surface area contributed by atoms with Gasteiger partial charge in [0.15, 0.2) is 0 Å². The van der Waals surface area contributed by atoms with Crippen molar-refractivity contribution in [3.8, 4) is 0 Å². The van der Waals surface area contributed by atoms with Crippen molar-refractivity contribution in [1.82, 2.24) is 10.3 Å². The highest BCUT2D eigenvalue weighted by Crippen LogP contribution is 2.30. The number of hydrogen-bond acceptors (Lipinski definition) is 5. The summed E-state index contributed by atoms with van der Waals surface area (Å²) in [5.74, 6) is 0.463. The molecule has 1 aromatic carbocycles. The number of ether oxygens (including phenoxy) is 1. The molecule has 2 heterocycles. The van der Waals surface area contributed by atoms with Gasteiger partial charge >= 0.3 is 5.97 Å². The Morgan fingerprint density at radius 1 is 1.15 bits per heavy atom. The average Bonchev–Trinajstić information content (AvgIpc) is 3.32. The Hall–Kier alpha value is -2.44. The zero-order chi connectivity index (χ0) is 23.8. The van der Waals surface area contributed by atoms with E-state index in [1.165, 1.54) is 11.1 Å². The Labute approximate surface area is 199 Å². The highest BCUT2D eigenvalue weighted by Gasteiger charge is 2.40. The Balaban J connectivity index is 1.75. The molecule has 1 N–H and O–H groups in total. The van der Waals surface area contributed by atoms with E-state index in [2.05, 4.69) is 60.2 Å². The maximum absolute atomic E-state index is 12.7. The van der Waals surface area contributed by atoms with Gasteiger partial charge < -0.3 is 19.4 Å². The molecule has 0 spiro atoms. The second-order valence-electron chi connectivity index (χ2n) is 9.32. The van der Waals surface area contributed by atoms with Gasteiger partial charge in [-0.15, -0.1) is 0 Å². The minimum Gasteiger partial charge on any atom is -0.459 e. The van der Waals surface area contributed by atoms with Crippen LogP contribution in [0.1, 0.15) is 62.5 Å². The zero-order valence-corrected chi connectivity index (χ0v) is 21.0. The van der Waals surface area contributed by atoms with Crippen molar-refractivity contribution in [1.29, 1.82) is 0 Å². The monoisotopic (exact) mass is 453 g/mol. The van der Waals surface area contributed by atoms with E-state index in [4.69, 9.17) is 4.74 Å². The van der Waals surface area contributed by atoms with Gasteiger partial charge in [-0.25, -0.2) is 9.78 Å². The smallest absolute Gasteiger partial charge is 0.342 e. The number of likely N-dealkylation sites (N-methyl/N-ethyl adjacent to an activating group) is 1. The normalized spacial score (nSPS) is 16.4. The van der Waals surface area contributed by atoms with E-state index in [1.807, 2.05) is 26.0 Å². The van der Waals surface area contributed by atoms with Crippen LogP contribution in [0.4, 0.5) is 5.82 Å². The highest BCUT2D eigenvalue weighted by atomic mass is 16.5. The van der Waals surface area contributed by atoms with Crippen LogP contribution in [-0.2, 0) is 17.8 Å². The van der Waals surface area contributed by atoms with Crippen LogP contribution in [0.2, 0.25) is 0 Å². The Bertz CT molecular complexity index is 893. The maximum Gasteiger partial charge on any atom is 0.342 e. The molecule has 0 aliphatic carbocycles. The van der Waals surface area contributed by atoms with Crippen LogP contribution in [0, 0.1) is 0 Å². The van der Waals surface area contributed by atoms with Crippen LogP contribution >= 0.6 is 0 Å². The summed E-state index contributed by atoms with van der Waals surface area (Å²) in [6.07, 6.45) is 2.71. The first-order chi connectivity index (χ1) is 15.9. The first kappa shape index (κ1) is 25.2. The molecule has 0 unspecified atom stereocenters. The van der Waals surface area contributed by atoms with Gasteiger partial charge in [-0.3, -0.25) is 0 Å². The number of esters is 1. The molecule has 6 heteroatoms. The standard InChI is InChI=1S/C27H41N4O2/c1-6-28-18-22-11-13-23(14-12-22)20-31(7-2,8-3)24-15-17-30(19-24)26-25(10-9-16-29-26)27(32)33-21(4)5/h9-14,16,21,24,28H,6-8,15,17-20H2,1-5H3/q+1/t24-/m1/s1. The predicted octanol–water partition coefficient (Wildman–Crippen LogP) is 4.39. The van der Waals surface area contributed by atoms with Gasteiger partial charge in [-0.1, -0.05) is 31.2 Å². The van der Waals surface area contributed by atoms with Crippen molar-refractivity contribution < 1.29 is 14.0 Å². The zero-order valence-electron chi connectivity index (χ0n) is 21.0. The number of hydrogen-bond donors (Lipinski definition) is 1. The minimum absolute atomic E-state index is 0.148. The van der Waals surface area contributed by atoms with E-state index in [0.29, 0.717) is 11.6 Å². The third-order valence-electron chi connectivity index (χ3n) is 6.95. The molecule has 2 aromatic rings. The highest BCUT2D eigenvalue weighted by molar-refractivity contribution is 5.94. The van der Waals surface area contributed by atoms with Crippen molar-refractivity contribution in [2.45, 2.75) is 66.3 Å². The lowest BCUT2D eigenvalue weighted by molar-refractivity contribution is -0.958. The Kier molecular flexibility index (Phi) is 8.87. The third kappa shape index (κ3) is 6.12. The van der Waals surface area contributed by atoms with E-state index >= 15 is 0 Å². The van der Waals surface area contributed by atoms with Gasteiger partial charge in [0.2, 0.25) is 0 Å². The summed E-state index contributed by atoms with van der Waals surface area (Å²) in [7, 11) is 0. The largest absolute Gasteiger partial charge is 0.459 e. The van der Waals surface area contributed by atoms with Gasteiger partial charge in [-0.05, 0) is 51.9 Å². The van der Waals surface area contributed by atoms with Crippen molar-refractivity contribution in [2.75, 3.05) is 37.6 Å². The summed E-state index contributed by atoms with van der Waals surface area (Å²) >= 11 is 0. The van der Waals surface area contributed by atoms with Crippen LogP contribution < -0.4 is 10.2 Å². The van der Waals surface area contributed by atoms with Gasteiger partial charge in [0, 0.05) is 31.3 Å². The summed E-state index contributed by atoms with van der Waals surface area (Å²) in [6, 6.07) is 13.2. The number of quaternary nitrogens is 1. The number of rotatable bonds is 11. The summed E-state index contributed by atoms with van der Waals surface area (Å²) in [5.41, 5.74) is 3.28. The summed E-state index contributed by atoms with van der Waals surface area (Å²) in [6.45, 7) is 17.4. The van der Waals surface area contributed by atoms with Crippen LogP contribution in [0.5, 0.6) is 0 Å². The predicted molar refractivity (Wildman–Crippen MR) is 134 cm³/mol. The molecular weight excluding hydrogens is 412 g/mol. The minimum atomic E-state index is -0.291. The summed E-state index contributed by atoms with van der Waals surface area (Å²) in [5, 5.41) is 3.39. The molecule has 1 aliphatic heterocycles. The topological polar surface area (TPSA) is 54.5 Å². The number of anilines is 1. The van der Waals surface area contributed by atoms with Gasteiger partial charge in [-0.2, -0.15) is 0 Å². The second kappa shape index (κ2) is 11.6. The fourth-order valence-corrected chi connectivity index (χ4v) is 4.96. The number of pyridine rings is 1. The number of aromatic nitrogens is 1. The van der Waals surface area contributed by atoms with E-state index in [9.17, 15) is 4.79 Å². The summed E-state index contributed by atoms with van der Waals surface area (Å²) in [4.78, 5) is 19.5. The van der Waals surface area contributed by atoms with Gasteiger partial charge in [0.05, 0.1) is 25.7 Å². The average molecular weight is 454 g/mol. The number of carbonyl (C=O) groups is 1. The van der Waals surface area contributed by atoms with E-state index < -0.39 is 0 Å². The Morgan fingerprint density at radius 3 is 2.48 bits per heavy atom. The first-order valence-electron chi connectivity index (χ1n) is 12.5. The number of nitrogens with one attached hydrogen (secondary N) is 1. The van der Waals surface area contributed by atoms with Gasteiger partial charge in [0.25, 0.3) is 0 Å². The lowest BCUT2D eigenvalue weighted by Gasteiger charge is -2.42. The van der Waals surface area contributed by atoms with E-state index in [-0.39, 0.29) is 12.1 Å². The molecule has 0 saturated carbocycles. The molecule has 0 amide bonds. The van der Waals surface area contributed by atoms with Gasteiger partial charge in [0.1, 0.15) is 24.0 Å². The molecule has 1 fully saturated rings. The second-order valence-corrected chi connectivity index (χ2v) is 9.32. The van der Waals surface area contributed by atoms with Crippen molar-refractivity contribution in [3.05, 3.63) is 59.3 Å². The molecule has 0 radical (unpaired) electrons. The number of benzene rings is 1. The number of nitrogens with zero attached hydrogens (tertiary/aromatic N) is 3. The molecule has 6 nitrogen and oxygen atoms in total. The van der Waals surface area contributed by atoms with Crippen LogP contribution in [0.15, 0.2) is 42.6 Å². The third-order valence-corrected chi connectivity index (χ3v) is 6.95. The molecular formula is C27H41N4O2+. The lowest BCUT2D eigenvalue weighted by Crippen LogP contribution is -2.55. The molecule has 1 aliphatic rings. The fraction of sp³-hybridized carbons (Fsp3) is 0.556. The molecule has 1 atom stereocenters. The maximum atomic E-state index is 12.7. The number of carbonyl (C=O) groups excluding carboxylic acids is 1. The van der Waals surface area contributed by atoms with Crippen LogP contribution in [0.3, 0.4) is 0 Å². The van der Waals surface area contributed by atoms with Crippen molar-refractivity contribution >= 4 is 11.8 Å². The van der Waals surface area contributed by atoms with Crippen LogP contribution in [0.25, 0.3) is 0 Å². The molecule has 3 rings (SSSR count). The fourth-order valence-electron chi connectivity index (χ4n) is 4.96. The molecule has 180 valence electrons. The molecule has 33 heavy (non-hydrogen) atoms. The van der Waals surface area contributed by atoms with E-state index in [0.717, 1.165) is 62.5 Å². The van der Waals surface area contributed by atoms with E-state index in [1.54, 1.807) is 6.20 Å². The van der Waals surface area contributed by atoms with Crippen molar-refractivity contribution in [3.63, 3.8) is 0 Å². The SMILES string of the molecule is CCNCc1ccc(C[N+](CC)(CC)[C@@H]2CCN(c3ncccc3C(=O)OC(C)C)C2)cc1.